The second-order valence-corrected chi connectivity index (χ2v) is 5.57. The van der Waals surface area contributed by atoms with Gasteiger partial charge < -0.3 is 10.4 Å². The van der Waals surface area contributed by atoms with Crippen molar-refractivity contribution in [3.63, 3.8) is 0 Å². The molecule has 1 aliphatic carbocycles. The smallest absolute Gasteiger partial charge is 0.451 e. The van der Waals surface area contributed by atoms with Crippen LogP contribution in [0.4, 0.5) is 13.2 Å². The molecule has 13 heteroatoms. The summed E-state index contributed by atoms with van der Waals surface area (Å²) < 4.78 is 38.5. The number of carbonyl (C=O) groups is 2. The molecule has 1 amide bonds. The second kappa shape index (κ2) is 5.53. The number of H-pyrrole nitrogens is 1. The van der Waals surface area contributed by atoms with Crippen LogP contribution in [-0.2, 0) is 11.0 Å². The first-order valence-corrected chi connectivity index (χ1v) is 7.12. The zero-order valence-corrected chi connectivity index (χ0v) is 12.8. The van der Waals surface area contributed by atoms with E-state index in [0.29, 0.717) is 6.42 Å². The van der Waals surface area contributed by atoms with Gasteiger partial charge in [0.05, 0.1) is 0 Å². The number of aromatic nitrogens is 6. The van der Waals surface area contributed by atoms with Crippen molar-refractivity contribution >= 4 is 11.9 Å². The highest BCUT2D eigenvalue weighted by atomic mass is 19.4. The van der Waals surface area contributed by atoms with Gasteiger partial charge in [0.2, 0.25) is 11.6 Å². The van der Waals surface area contributed by atoms with Crippen LogP contribution in [0.2, 0.25) is 0 Å². The molecule has 0 atom stereocenters. The molecule has 0 spiro atoms. The lowest BCUT2D eigenvalue weighted by Gasteiger charge is -2.37. The second-order valence-electron chi connectivity index (χ2n) is 5.57. The third-order valence-electron chi connectivity index (χ3n) is 3.87. The van der Waals surface area contributed by atoms with E-state index in [1.165, 1.54) is 6.92 Å². The Morgan fingerprint density at radius 2 is 2.00 bits per heavy atom. The van der Waals surface area contributed by atoms with E-state index in [4.69, 9.17) is 0 Å². The Bertz CT molecular complexity index is 837. The first kappa shape index (κ1) is 16.9. The average molecular weight is 359 g/mol. The summed E-state index contributed by atoms with van der Waals surface area (Å²) in [4.78, 5) is 30.5. The largest absolute Gasteiger partial charge is 0.480 e. The number of halogens is 3. The van der Waals surface area contributed by atoms with Gasteiger partial charge in [0.1, 0.15) is 11.4 Å². The van der Waals surface area contributed by atoms with Gasteiger partial charge in [-0.3, -0.25) is 9.89 Å². The van der Waals surface area contributed by atoms with Gasteiger partial charge in [0, 0.05) is 0 Å². The molecule has 0 bridgehead atoms. The summed E-state index contributed by atoms with van der Waals surface area (Å²) in [5.74, 6) is -4.07. The molecule has 2 heterocycles. The van der Waals surface area contributed by atoms with Crippen LogP contribution in [-0.4, -0.2) is 52.5 Å². The first-order valence-electron chi connectivity index (χ1n) is 7.12. The number of alkyl halides is 3. The number of nitrogens with one attached hydrogen (secondary N) is 2. The molecule has 0 radical (unpaired) electrons. The monoisotopic (exact) mass is 359 g/mol. The van der Waals surface area contributed by atoms with Crippen LogP contribution >= 0.6 is 0 Å². The third-order valence-corrected chi connectivity index (χ3v) is 3.87. The number of nitrogens with zero attached hydrogens (tertiary/aromatic N) is 5. The van der Waals surface area contributed by atoms with E-state index in [0.717, 1.165) is 4.68 Å². The van der Waals surface area contributed by atoms with E-state index in [1.807, 2.05) is 0 Å². The summed E-state index contributed by atoms with van der Waals surface area (Å²) in [6, 6.07) is 0. The molecule has 1 fully saturated rings. The lowest BCUT2D eigenvalue weighted by atomic mass is 9.77. The van der Waals surface area contributed by atoms with Crippen LogP contribution < -0.4 is 5.32 Å². The number of carbonyl (C=O) groups excluding carboxylic acids is 1. The van der Waals surface area contributed by atoms with Gasteiger partial charge in [-0.2, -0.15) is 22.8 Å². The molecule has 3 N–H and O–H groups in total. The fourth-order valence-electron chi connectivity index (χ4n) is 2.35. The standard InChI is InChI=1S/C12H12F3N7O3/c1-5-16-6(7(23)18-11(9(24)25)3-2-4-11)21-22(5)10-17-8(19-20-10)12(13,14)15/h2-4H2,1H3,(H,18,23)(H,24,25)(H,17,19,20). The summed E-state index contributed by atoms with van der Waals surface area (Å²) in [6.45, 7) is 1.39. The van der Waals surface area contributed by atoms with E-state index in [2.05, 4.69) is 25.5 Å². The number of aliphatic carboxylic acids is 1. The van der Waals surface area contributed by atoms with Crippen LogP contribution in [0.1, 0.15) is 41.5 Å². The molecule has 10 nitrogen and oxygen atoms in total. The van der Waals surface area contributed by atoms with Gasteiger partial charge in [-0.25, -0.2) is 9.78 Å². The Balaban J connectivity index is 1.84. The SMILES string of the molecule is Cc1nc(C(=O)NC2(C(=O)O)CCC2)nn1-c1n[nH]c(C(F)(F)F)n1. The Morgan fingerprint density at radius 3 is 2.48 bits per heavy atom. The number of carboxylic acids is 1. The highest BCUT2D eigenvalue weighted by Gasteiger charge is 2.46. The Kier molecular flexibility index (Phi) is 3.73. The predicted octanol–water partition coefficient (Wildman–Crippen LogP) is 0.450. The Hall–Kier alpha value is -2.99. The molecule has 0 unspecified atom stereocenters. The number of hydrogen-bond acceptors (Lipinski definition) is 6. The van der Waals surface area contributed by atoms with Gasteiger partial charge in [0.15, 0.2) is 0 Å². The zero-order valence-electron chi connectivity index (χ0n) is 12.8. The van der Waals surface area contributed by atoms with Gasteiger partial charge >= 0.3 is 12.1 Å². The topological polar surface area (TPSA) is 139 Å². The summed E-state index contributed by atoms with van der Waals surface area (Å²) in [5, 5.41) is 20.5. The van der Waals surface area contributed by atoms with Crippen molar-refractivity contribution in [2.75, 3.05) is 0 Å². The fourth-order valence-corrected chi connectivity index (χ4v) is 2.35. The molecule has 3 rings (SSSR count). The van der Waals surface area contributed by atoms with Crippen LogP contribution in [0.15, 0.2) is 0 Å². The fraction of sp³-hybridized carbons (Fsp3) is 0.500. The van der Waals surface area contributed by atoms with Gasteiger partial charge in [-0.15, -0.1) is 10.2 Å². The van der Waals surface area contributed by atoms with Gasteiger partial charge in [-0.05, 0) is 26.2 Å². The molecular formula is C12H12F3N7O3. The van der Waals surface area contributed by atoms with E-state index >= 15 is 0 Å². The maximum absolute atomic E-state index is 12.6. The number of hydrogen-bond donors (Lipinski definition) is 3. The van der Waals surface area contributed by atoms with Crippen molar-refractivity contribution in [2.45, 2.75) is 37.9 Å². The van der Waals surface area contributed by atoms with E-state index in [9.17, 15) is 27.9 Å². The van der Waals surface area contributed by atoms with Gasteiger partial charge in [-0.1, -0.05) is 0 Å². The molecule has 1 saturated carbocycles. The first-order chi connectivity index (χ1) is 11.6. The number of amides is 1. The third kappa shape index (κ3) is 2.92. The van der Waals surface area contributed by atoms with Crippen LogP contribution in [0.3, 0.4) is 0 Å². The lowest BCUT2D eigenvalue weighted by molar-refractivity contribution is -0.148. The summed E-state index contributed by atoms with van der Waals surface area (Å²) >= 11 is 0. The molecule has 2 aromatic rings. The Morgan fingerprint density at radius 1 is 1.32 bits per heavy atom. The van der Waals surface area contributed by atoms with Crippen LogP contribution in [0.5, 0.6) is 0 Å². The predicted molar refractivity (Wildman–Crippen MR) is 72.7 cm³/mol. The highest BCUT2D eigenvalue weighted by molar-refractivity contribution is 5.95. The van der Waals surface area contributed by atoms with Crippen molar-refractivity contribution in [2.24, 2.45) is 0 Å². The molecule has 2 aromatic heterocycles. The number of aromatic amines is 1. The van der Waals surface area contributed by atoms with E-state index in [1.54, 1.807) is 5.10 Å². The maximum atomic E-state index is 12.6. The zero-order chi connectivity index (χ0) is 18.4. The highest BCUT2D eigenvalue weighted by Crippen LogP contribution is 2.32. The average Bonchev–Trinajstić information content (AvgIpc) is 3.07. The molecule has 0 saturated heterocycles. The van der Waals surface area contributed by atoms with E-state index in [-0.39, 0.29) is 24.5 Å². The summed E-state index contributed by atoms with van der Waals surface area (Å²) in [5.41, 5.74) is -1.36. The van der Waals surface area contributed by atoms with E-state index < -0.39 is 35.4 Å². The molecule has 0 aromatic carbocycles. The summed E-state index contributed by atoms with van der Waals surface area (Å²) in [6.07, 6.45) is -3.49. The Labute approximate surface area is 137 Å². The van der Waals surface area contributed by atoms with Gasteiger partial charge in [0.25, 0.3) is 11.9 Å². The van der Waals surface area contributed by atoms with Crippen molar-refractivity contribution in [1.29, 1.82) is 0 Å². The van der Waals surface area contributed by atoms with Crippen LogP contribution in [0, 0.1) is 6.92 Å². The van der Waals surface area contributed by atoms with Crippen molar-refractivity contribution in [1.82, 2.24) is 35.3 Å². The van der Waals surface area contributed by atoms with Crippen molar-refractivity contribution in [3.8, 4) is 5.95 Å². The lowest BCUT2D eigenvalue weighted by Crippen LogP contribution is -2.59. The normalized spacial score (nSPS) is 16.3. The quantitative estimate of drug-likeness (QED) is 0.720. The minimum Gasteiger partial charge on any atom is -0.480 e. The minimum absolute atomic E-state index is 0.0656. The molecule has 134 valence electrons. The minimum atomic E-state index is -4.71. The number of rotatable bonds is 4. The molecule has 0 aliphatic heterocycles. The summed E-state index contributed by atoms with van der Waals surface area (Å²) in [7, 11) is 0. The molecule has 1 aliphatic rings. The molecule has 25 heavy (non-hydrogen) atoms. The number of carboxylic acid groups (broad SMARTS) is 1. The van der Waals surface area contributed by atoms with Crippen molar-refractivity contribution < 1.29 is 27.9 Å². The maximum Gasteiger partial charge on any atom is 0.451 e. The molecular weight excluding hydrogens is 347 g/mol. The van der Waals surface area contributed by atoms with Crippen molar-refractivity contribution in [3.05, 3.63) is 17.5 Å². The number of aryl methyl sites for hydroxylation is 1. The van der Waals surface area contributed by atoms with Crippen LogP contribution in [0.25, 0.3) is 5.95 Å².